The predicted octanol–water partition coefficient (Wildman–Crippen LogP) is 2.89. The molecule has 2 aromatic carbocycles. The third-order valence-electron chi connectivity index (χ3n) is 6.46. The number of imide groups is 1. The van der Waals surface area contributed by atoms with Crippen LogP contribution >= 0.6 is 0 Å². The van der Waals surface area contributed by atoms with Crippen molar-refractivity contribution in [2.45, 2.75) is 32.2 Å². The standard InChI is InChI=1S/C25H29FN4O3/c1-3-4-18-5-7-19(8-6-18)25(2)23(32)30(24(33)27-25)17-22(31)29-15-13-28(14-16-29)21-11-9-20(26)10-12-21/h5-12H,3-4,13-17H2,1-2H3,(H,27,33). The van der Waals surface area contributed by atoms with Crippen LogP contribution in [0.2, 0.25) is 0 Å². The van der Waals surface area contributed by atoms with Crippen molar-refractivity contribution in [3.63, 3.8) is 0 Å². The van der Waals surface area contributed by atoms with E-state index in [9.17, 15) is 18.8 Å². The maximum atomic E-state index is 13.2. The molecule has 1 unspecified atom stereocenters. The van der Waals surface area contributed by atoms with Crippen molar-refractivity contribution < 1.29 is 18.8 Å². The first-order chi connectivity index (χ1) is 15.8. The summed E-state index contributed by atoms with van der Waals surface area (Å²) < 4.78 is 13.2. The molecule has 4 rings (SSSR count). The summed E-state index contributed by atoms with van der Waals surface area (Å²) in [7, 11) is 0. The van der Waals surface area contributed by atoms with Crippen molar-refractivity contribution in [2.24, 2.45) is 0 Å². The molecule has 1 atom stereocenters. The number of nitrogens with one attached hydrogen (secondary N) is 1. The average molecular weight is 453 g/mol. The summed E-state index contributed by atoms with van der Waals surface area (Å²) >= 11 is 0. The van der Waals surface area contributed by atoms with Crippen molar-refractivity contribution in [3.05, 3.63) is 65.5 Å². The molecule has 0 bridgehead atoms. The zero-order chi connectivity index (χ0) is 23.6. The van der Waals surface area contributed by atoms with Gasteiger partial charge < -0.3 is 15.1 Å². The van der Waals surface area contributed by atoms with E-state index in [-0.39, 0.29) is 18.3 Å². The van der Waals surface area contributed by atoms with Crippen molar-refractivity contribution >= 4 is 23.5 Å². The van der Waals surface area contributed by atoms with Crippen molar-refractivity contribution in [1.29, 1.82) is 0 Å². The first-order valence-electron chi connectivity index (χ1n) is 11.3. The third kappa shape index (κ3) is 4.55. The molecule has 4 amide bonds. The maximum absolute atomic E-state index is 13.2. The summed E-state index contributed by atoms with van der Waals surface area (Å²) in [6.45, 7) is 5.62. The summed E-state index contributed by atoms with van der Waals surface area (Å²) in [5.74, 6) is -0.973. The SMILES string of the molecule is CCCc1ccc(C2(C)NC(=O)N(CC(=O)N3CCN(c4ccc(F)cc4)CC3)C2=O)cc1. The molecule has 2 aromatic rings. The summed E-state index contributed by atoms with van der Waals surface area (Å²) in [6.07, 6.45) is 1.98. The minimum atomic E-state index is -1.19. The minimum Gasteiger partial charge on any atom is -0.368 e. The molecule has 2 fully saturated rings. The molecule has 174 valence electrons. The molecule has 0 aromatic heterocycles. The van der Waals surface area contributed by atoms with Gasteiger partial charge in [0, 0.05) is 31.9 Å². The topological polar surface area (TPSA) is 73.0 Å². The molecule has 1 N–H and O–H groups in total. The molecular weight excluding hydrogens is 423 g/mol. The lowest BCUT2D eigenvalue weighted by Crippen LogP contribution is -2.52. The molecule has 8 heteroatoms. The number of urea groups is 1. The number of anilines is 1. The van der Waals surface area contributed by atoms with Gasteiger partial charge in [0.15, 0.2) is 0 Å². The van der Waals surface area contributed by atoms with E-state index in [4.69, 9.17) is 0 Å². The molecule has 7 nitrogen and oxygen atoms in total. The number of nitrogens with zero attached hydrogens (tertiary/aromatic N) is 3. The number of hydrogen-bond donors (Lipinski definition) is 1. The van der Waals surface area contributed by atoms with Gasteiger partial charge in [-0.15, -0.1) is 0 Å². The van der Waals surface area contributed by atoms with Crippen LogP contribution in [0.3, 0.4) is 0 Å². The number of carbonyl (C=O) groups excluding carboxylic acids is 3. The van der Waals surface area contributed by atoms with Crippen molar-refractivity contribution in [2.75, 3.05) is 37.6 Å². The Bertz CT molecular complexity index is 1030. The van der Waals surface area contributed by atoms with E-state index in [0.29, 0.717) is 31.7 Å². The fraction of sp³-hybridized carbons (Fsp3) is 0.400. The van der Waals surface area contributed by atoms with Crippen LogP contribution in [0.15, 0.2) is 48.5 Å². The molecule has 0 spiro atoms. The first kappa shape index (κ1) is 22.8. The number of piperazine rings is 1. The normalized spacial score (nSPS) is 20.9. The van der Waals surface area contributed by atoms with Gasteiger partial charge in [-0.3, -0.25) is 14.5 Å². The Labute approximate surface area is 193 Å². The number of benzene rings is 2. The number of amides is 4. The molecular formula is C25H29FN4O3. The molecule has 2 saturated heterocycles. The van der Waals surface area contributed by atoms with Crippen LogP contribution in [0.25, 0.3) is 0 Å². The fourth-order valence-corrected chi connectivity index (χ4v) is 4.43. The summed E-state index contributed by atoms with van der Waals surface area (Å²) in [4.78, 5) is 43.4. The quantitative estimate of drug-likeness (QED) is 0.684. The van der Waals surface area contributed by atoms with Gasteiger partial charge in [-0.2, -0.15) is 0 Å². The summed E-state index contributed by atoms with van der Waals surface area (Å²) in [5.41, 5.74) is 1.58. The van der Waals surface area contributed by atoms with Crippen LogP contribution in [-0.4, -0.2) is 60.4 Å². The Kier molecular flexibility index (Phi) is 6.35. The van der Waals surface area contributed by atoms with Crippen LogP contribution < -0.4 is 10.2 Å². The third-order valence-corrected chi connectivity index (χ3v) is 6.46. The van der Waals surface area contributed by atoms with Gasteiger partial charge in [-0.1, -0.05) is 37.6 Å². The zero-order valence-electron chi connectivity index (χ0n) is 19.0. The van der Waals surface area contributed by atoms with E-state index in [2.05, 4.69) is 17.1 Å². The fourth-order valence-electron chi connectivity index (χ4n) is 4.43. The Balaban J connectivity index is 1.37. The molecule has 2 aliphatic heterocycles. The van der Waals surface area contributed by atoms with Crippen LogP contribution in [0, 0.1) is 5.82 Å². The van der Waals surface area contributed by atoms with Crippen LogP contribution in [0.5, 0.6) is 0 Å². The molecule has 2 heterocycles. The van der Waals surface area contributed by atoms with E-state index in [0.717, 1.165) is 23.4 Å². The summed E-state index contributed by atoms with van der Waals surface area (Å²) in [5, 5.41) is 2.77. The molecule has 0 aliphatic carbocycles. The Hall–Kier alpha value is -3.42. The lowest BCUT2D eigenvalue weighted by atomic mass is 9.91. The van der Waals surface area contributed by atoms with Gasteiger partial charge in [0.1, 0.15) is 17.9 Å². The molecule has 0 saturated carbocycles. The maximum Gasteiger partial charge on any atom is 0.325 e. The van der Waals surface area contributed by atoms with E-state index in [1.165, 1.54) is 17.7 Å². The highest BCUT2D eigenvalue weighted by Crippen LogP contribution is 2.29. The van der Waals surface area contributed by atoms with E-state index in [1.54, 1.807) is 24.0 Å². The monoisotopic (exact) mass is 452 g/mol. The smallest absolute Gasteiger partial charge is 0.325 e. The van der Waals surface area contributed by atoms with Gasteiger partial charge in [0.25, 0.3) is 5.91 Å². The van der Waals surface area contributed by atoms with Crippen molar-refractivity contribution in [1.82, 2.24) is 15.1 Å². The number of rotatable bonds is 6. The minimum absolute atomic E-state index is 0.264. The Morgan fingerprint density at radius 1 is 1.00 bits per heavy atom. The highest BCUT2D eigenvalue weighted by atomic mass is 19.1. The second-order valence-electron chi connectivity index (χ2n) is 8.74. The number of carbonyl (C=O) groups is 3. The molecule has 0 radical (unpaired) electrons. The summed E-state index contributed by atoms with van der Waals surface area (Å²) in [6, 6.07) is 13.4. The highest BCUT2D eigenvalue weighted by Gasteiger charge is 2.49. The van der Waals surface area contributed by atoms with Gasteiger partial charge in [0.2, 0.25) is 5.91 Å². The lowest BCUT2D eigenvalue weighted by Gasteiger charge is -2.36. The predicted molar refractivity (Wildman–Crippen MR) is 123 cm³/mol. The lowest BCUT2D eigenvalue weighted by molar-refractivity contribution is -0.139. The van der Waals surface area contributed by atoms with Gasteiger partial charge in [-0.25, -0.2) is 9.18 Å². The number of halogens is 1. The van der Waals surface area contributed by atoms with Gasteiger partial charge >= 0.3 is 6.03 Å². The average Bonchev–Trinajstić information content (AvgIpc) is 3.04. The van der Waals surface area contributed by atoms with E-state index in [1.807, 2.05) is 24.3 Å². The number of aryl methyl sites for hydroxylation is 1. The van der Waals surface area contributed by atoms with Gasteiger partial charge in [0.05, 0.1) is 0 Å². The van der Waals surface area contributed by atoms with E-state index < -0.39 is 17.5 Å². The van der Waals surface area contributed by atoms with E-state index >= 15 is 0 Å². The highest BCUT2D eigenvalue weighted by molar-refractivity contribution is 6.09. The molecule has 2 aliphatic rings. The second kappa shape index (κ2) is 9.21. The van der Waals surface area contributed by atoms with Gasteiger partial charge in [-0.05, 0) is 48.7 Å². The van der Waals surface area contributed by atoms with Crippen molar-refractivity contribution in [3.8, 4) is 0 Å². The Morgan fingerprint density at radius 3 is 2.24 bits per heavy atom. The number of hydrogen-bond acceptors (Lipinski definition) is 4. The first-order valence-corrected chi connectivity index (χ1v) is 11.3. The second-order valence-corrected chi connectivity index (χ2v) is 8.74. The largest absolute Gasteiger partial charge is 0.368 e. The van der Waals surface area contributed by atoms with Crippen LogP contribution in [-0.2, 0) is 21.5 Å². The Morgan fingerprint density at radius 2 is 1.64 bits per heavy atom. The molecule has 33 heavy (non-hydrogen) atoms. The zero-order valence-corrected chi connectivity index (χ0v) is 19.0. The van der Waals surface area contributed by atoms with Crippen LogP contribution in [0.1, 0.15) is 31.4 Å². The van der Waals surface area contributed by atoms with Crippen LogP contribution in [0.4, 0.5) is 14.9 Å².